The number of hydrogen-bond acceptors (Lipinski definition) is 3. The Hall–Kier alpha value is -1.10. The number of hydrogen-bond donors (Lipinski definition) is 2. The number of likely N-dealkylation sites (N-methyl/N-ethyl adjacent to an activating group) is 1. The van der Waals surface area contributed by atoms with Crippen LogP contribution in [0.15, 0.2) is 0 Å². The van der Waals surface area contributed by atoms with Crippen molar-refractivity contribution in [3.8, 4) is 0 Å². The van der Waals surface area contributed by atoms with E-state index in [9.17, 15) is 9.59 Å². The summed E-state index contributed by atoms with van der Waals surface area (Å²) in [5, 5.41) is 12.0. The molecule has 2 rings (SSSR count). The van der Waals surface area contributed by atoms with Gasteiger partial charge in [0.25, 0.3) is 0 Å². The molecule has 108 valence electrons. The van der Waals surface area contributed by atoms with Crippen molar-refractivity contribution in [2.75, 3.05) is 13.6 Å². The van der Waals surface area contributed by atoms with Gasteiger partial charge in [-0.15, -0.1) is 0 Å². The van der Waals surface area contributed by atoms with E-state index < -0.39 is 12.0 Å². The minimum absolute atomic E-state index is 0.0128. The van der Waals surface area contributed by atoms with Crippen LogP contribution in [0.5, 0.6) is 0 Å². The van der Waals surface area contributed by atoms with Gasteiger partial charge < -0.3 is 10.0 Å². The van der Waals surface area contributed by atoms with Gasteiger partial charge in [-0.1, -0.05) is 19.3 Å². The summed E-state index contributed by atoms with van der Waals surface area (Å²) in [5.74, 6) is -0.611. The molecular weight excluding hydrogens is 244 g/mol. The van der Waals surface area contributed by atoms with Crippen LogP contribution in [0.25, 0.3) is 0 Å². The first-order valence-electron chi connectivity index (χ1n) is 7.31. The highest BCUT2D eigenvalue weighted by Crippen LogP contribution is 2.32. The predicted molar refractivity (Wildman–Crippen MR) is 71.8 cm³/mol. The van der Waals surface area contributed by atoms with E-state index in [2.05, 4.69) is 5.32 Å². The third kappa shape index (κ3) is 3.93. The number of nitrogens with zero attached hydrogens (tertiary/aromatic N) is 1. The van der Waals surface area contributed by atoms with Crippen molar-refractivity contribution in [3.63, 3.8) is 0 Å². The maximum Gasteiger partial charge on any atom is 0.320 e. The van der Waals surface area contributed by atoms with Gasteiger partial charge in [-0.25, -0.2) is 0 Å². The summed E-state index contributed by atoms with van der Waals surface area (Å²) in [5.41, 5.74) is 0. The molecule has 0 radical (unpaired) electrons. The van der Waals surface area contributed by atoms with E-state index in [4.69, 9.17) is 5.11 Å². The molecule has 5 nitrogen and oxygen atoms in total. The minimum Gasteiger partial charge on any atom is -0.480 e. The monoisotopic (exact) mass is 268 g/mol. The second kappa shape index (κ2) is 6.37. The summed E-state index contributed by atoms with van der Waals surface area (Å²) >= 11 is 0. The summed E-state index contributed by atoms with van der Waals surface area (Å²) < 4.78 is 0. The molecule has 19 heavy (non-hydrogen) atoms. The highest BCUT2D eigenvalue weighted by Gasteiger charge is 2.36. The molecule has 2 aliphatic rings. The fourth-order valence-electron chi connectivity index (χ4n) is 2.88. The Balaban J connectivity index is 1.77. The average Bonchev–Trinajstić information content (AvgIpc) is 3.23. The molecular formula is C14H24N2O3. The summed E-state index contributed by atoms with van der Waals surface area (Å²) in [4.78, 5) is 25.0. The molecule has 0 bridgehead atoms. The zero-order valence-corrected chi connectivity index (χ0v) is 11.6. The first-order chi connectivity index (χ1) is 9.09. The summed E-state index contributed by atoms with van der Waals surface area (Å²) in [6, 6.07) is -0.212. The summed E-state index contributed by atoms with van der Waals surface area (Å²) in [6.45, 7) is 0.139. The Morgan fingerprint density at radius 1 is 1.21 bits per heavy atom. The largest absolute Gasteiger partial charge is 0.480 e. The van der Waals surface area contributed by atoms with Gasteiger partial charge in [0.15, 0.2) is 0 Å². The van der Waals surface area contributed by atoms with Gasteiger partial charge >= 0.3 is 5.97 Å². The molecule has 0 aromatic carbocycles. The summed E-state index contributed by atoms with van der Waals surface area (Å²) in [6.07, 6.45) is 7.71. The molecule has 1 unspecified atom stereocenters. The number of carbonyl (C=O) groups excluding carboxylic acids is 1. The van der Waals surface area contributed by atoms with E-state index in [0.717, 1.165) is 25.7 Å². The Kier molecular flexibility index (Phi) is 4.80. The molecule has 0 heterocycles. The second-order valence-electron chi connectivity index (χ2n) is 5.83. The fourth-order valence-corrected chi connectivity index (χ4v) is 2.88. The first kappa shape index (κ1) is 14.3. The van der Waals surface area contributed by atoms with Gasteiger partial charge in [-0.05, 0) is 31.6 Å². The minimum atomic E-state index is -0.837. The number of nitrogens with one attached hydrogen (secondary N) is 1. The maximum atomic E-state index is 12.1. The zero-order chi connectivity index (χ0) is 13.8. The van der Waals surface area contributed by atoms with Crippen molar-refractivity contribution in [1.82, 2.24) is 10.2 Å². The van der Waals surface area contributed by atoms with Crippen LogP contribution in [0.4, 0.5) is 0 Å². The number of rotatable bonds is 6. The number of carboxylic acid groups (broad SMARTS) is 1. The number of carbonyl (C=O) groups is 2. The van der Waals surface area contributed by atoms with Crippen molar-refractivity contribution in [2.45, 2.75) is 57.0 Å². The van der Waals surface area contributed by atoms with E-state index in [1.165, 1.54) is 19.3 Å². The lowest BCUT2D eigenvalue weighted by Gasteiger charge is -2.31. The Morgan fingerprint density at radius 3 is 2.37 bits per heavy atom. The van der Waals surface area contributed by atoms with Crippen LogP contribution >= 0.6 is 0 Å². The molecule has 0 aromatic rings. The second-order valence-corrected chi connectivity index (χ2v) is 5.83. The van der Waals surface area contributed by atoms with Crippen LogP contribution in [0, 0.1) is 5.92 Å². The van der Waals surface area contributed by atoms with Gasteiger partial charge in [0.05, 0.1) is 6.54 Å². The lowest BCUT2D eigenvalue weighted by molar-refractivity contribution is -0.140. The highest BCUT2D eigenvalue weighted by atomic mass is 16.4. The third-order valence-electron chi connectivity index (χ3n) is 4.35. The van der Waals surface area contributed by atoms with Crippen LogP contribution < -0.4 is 5.32 Å². The molecule has 2 fully saturated rings. The Morgan fingerprint density at radius 2 is 1.84 bits per heavy atom. The number of carboxylic acids is 1. The normalized spacial score (nSPS) is 21.9. The SMILES string of the molecule is CN(C(=O)CNC(C(=O)O)C1CC1)C1CCCCC1. The average molecular weight is 268 g/mol. The molecule has 0 saturated heterocycles. The molecule has 0 aliphatic heterocycles. The van der Waals surface area contributed by atoms with E-state index in [1.807, 2.05) is 7.05 Å². The quantitative estimate of drug-likeness (QED) is 0.760. The van der Waals surface area contributed by atoms with E-state index in [1.54, 1.807) is 4.90 Å². The van der Waals surface area contributed by atoms with Gasteiger partial charge in [-0.3, -0.25) is 14.9 Å². The van der Waals surface area contributed by atoms with Crippen molar-refractivity contribution in [3.05, 3.63) is 0 Å². The number of aliphatic carboxylic acids is 1. The molecule has 5 heteroatoms. The predicted octanol–water partition coefficient (Wildman–Crippen LogP) is 1.23. The maximum absolute atomic E-state index is 12.1. The van der Waals surface area contributed by atoms with Crippen LogP contribution in [0.1, 0.15) is 44.9 Å². The molecule has 1 amide bonds. The number of amides is 1. The lowest BCUT2D eigenvalue weighted by Crippen LogP contribution is -2.47. The highest BCUT2D eigenvalue weighted by molar-refractivity contribution is 5.80. The third-order valence-corrected chi connectivity index (χ3v) is 4.35. The van der Waals surface area contributed by atoms with Crippen molar-refractivity contribution < 1.29 is 14.7 Å². The van der Waals surface area contributed by atoms with Crippen molar-refractivity contribution >= 4 is 11.9 Å². The standard InChI is InChI=1S/C14H24N2O3/c1-16(11-5-3-2-4-6-11)12(17)9-15-13(14(18)19)10-7-8-10/h10-11,13,15H,2-9H2,1H3,(H,18,19). The van der Waals surface area contributed by atoms with Gasteiger partial charge in [0.2, 0.25) is 5.91 Å². The molecule has 2 aliphatic carbocycles. The molecule has 0 aromatic heterocycles. The summed E-state index contributed by atoms with van der Waals surface area (Å²) in [7, 11) is 1.84. The van der Waals surface area contributed by atoms with Crippen LogP contribution in [0.2, 0.25) is 0 Å². The molecule has 2 saturated carbocycles. The fraction of sp³-hybridized carbons (Fsp3) is 0.857. The van der Waals surface area contributed by atoms with Crippen molar-refractivity contribution in [2.24, 2.45) is 5.92 Å². The topological polar surface area (TPSA) is 69.6 Å². The molecule has 2 N–H and O–H groups in total. The molecule has 0 spiro atoms. The van der Waals surface area contributed by atoms with Gasteiger partial charge in [0.1, 0.15) is 6.04 Å². The van der Waals surface area contributed by atoms with E-state index >= 15 is 0 Å². The lowest BCUT2D eigenvalue weighted by atomic mass is 9.94. The van der Waals surface area contributed by atoms with E-state index in [-0.39, 0.29) is 18.4 Å². The smallest absolute Gasteiger partial charge is 0.320 e. The van der Waals surface area contributed by atoms with Crippen LogP contribution in [-0.4, -0.2) is 47.6 Å². The first-order valence-corrected chi connectivity index (χ1v) is 7.31. The van der Waals surface area contributed by atoms with Crippen LogP contribution in [0.3, 0.4) is 0 Å². The zero-order valence-electron chi connectivity index (χ0n) is 11.6. The van der Waals surface area contributed by atoms with Gasteiger partial charge in [-0.2, -0.15) is 0 Å². The Labute approximate surface area is 114 Å². The van der Waals surface area contributed by atoms with Crippen molar-refractivity contribution in [1.29, 1.82) is 0 Å². The Bertz CT molecular complexity index is 336. The van der Waals surface area contributed by atoms with Crippen LogP contribution in [-0.2, 0) is 9.59 Å². The van der Waals surface area contributed by atoms with Gasteiger partial charge in [0, 0.05) is 13.1 Å². The van der Waals surface area contributed by atoms with E-state index in [0.29, 0.717) is 6.04 Å². The molecule has 1 atom stereocenters.